The monoisotopic (exact) mass is 364 g/mol. The fourth-order valence-corrected chi connectivity index (χ4v) is 4.83. The van der Waals surface area contributed by atoms with E-state index in [9.17, 15) is 5.11 Å². The molecule has 4 heteroatoms. The number of fused-ring (bicyclic) bond motifs is 4. The highest BCUT2D eigenvalue weighted by Gasteiger charge is 2.42. The third-order valence-corrected chi connectivity index (χ3v) is 6.29. The van der Waals surface area contributed by atoms with E-state index in [0.29, 0.717) is 18.3 Å². The first-order valence-corrected chi connectivity index (χ1v) is 9.77. The summed E-state index contributed by atoms with van der Waals surface area (Å²) in [5, 5.41) is 12.4. The number of nitrogens with zero attached hydrogens (tertiary/aromatic N) is 2. The highest BCUT2D eigenvalue weighted by molar-refractivity contribution is 5.84. The number of piperidine rings is 3. The van der Waals surface area contributed by atoms with Gasteiger partial charge in [0.1, 0.15) is 5.75 Å². The second-order valence-corrected chi connectivity index (χ2v) is 7.77. The van der Waals surface area contributed by atoms with Gasteiger partial charge >= 0.3 is 0 Å². The number of aliphatic hydroxyl groups is 1. The van der Waals surface area contributed by atoms with Crippen LogP contribution in [0.5, 0.6) is 5.75 Å². The molecular weight excluding hydrogens is 336 g/mol. The van der Waals surface area contributed by atoms with Crippen LogP contribution in [-0.2, 0) is 6.42 Å². The number of benzene rings is 1. The predicted octanol–water partition coefficient (Wildman–Crippen LogP) is 3.90. The molecule has 2 unspecified atom stereocenters. The molecule has 2 aromatic rings. The van der Waals surface area contributed by atoms with Crippen molar-refractivity contribution in [1.29, 1.82) is 0 Å². The van der Waals surface area contributed by atoms with Crippen LogP contribution in [0.2, 0.25) is 0 Å². The van der Waals surface area contributed by atoms with Crippen molar-refractivity contribution in [2.24, 2.45) is 11.8 Å². The van der Waals surface area contributed by atoms with Crippen LogP contribution < -0.4 is 4.74 Å². The molecule has 2 bridgehead atoms. The third-order valence-electron chi connectivity index (χ3n) is 6.29. The van der Waals surface area contributed by atoms with E-state index in [0.717, 1.165) is 47.4 Å². The first-order valence-electron chi connectivity index (χ1n) is 9.77. The van der Waals surface area contributed by atoms with Gasteiger partial charge in [0, 0.05) is 30.1 Å². The Balaban J connectivity index is 1.75. The summed E-state index contributed by atoms with van der Waals surface area (Å²) in [6.07, 6.45) is 6.31. The molecule has 3 fully saturated rings. The molecule has 0 aliphatic carbocycles. The number of hydrogen-bond donors (Lipinski definition) is 1. The second-order valence-electron chi connectivity index (χ2n) is 7.77. The summed E-state index contributed by atoms with van der Waals surface area (Å²) in [6, 6.07) is 8.07. The minimum Gasteiger partial charge on any atom is -0.497 e. The number of aliphatic hydroxyl groups excluding tert-OH is 1. The van der Waals surface area contributed by atoms with E-state index >= 15 is 0 Å². The Hall–Kier alpha value is -2.17. The van der Waals surface area contributed by atoms with Crippen LogP contribution in [0.25, 0.3) is 10.9 Å². The van der Waals surface area contributed by atoms with Gasteiger partial charge in [-0.2, -0.15) is 0 Å². The number of aromatic nitrogens is 1. The zero-order valence-corrected chi connectivity index (χ0v) is 16.0. The molecule has 0 spiro atoms. The van der Waals surface area contributed by atoms with Crippen molar-refractivity contribution in [3.8, 4) is 5.75 Å². The maximum atomic E-state index is 11.4. The lowest BCUT2D eigenvalue weighted by Gasteiger charge is -2.50. The van der Waals surface area contributed by atoms with Crippen molar-refractivity contribution in [1.82, 2.24) is 9.88 Å². The van der Waals surface area contributed by atoms with Gasteiger partial charge in [0.05, 0.1) is 18.7 Å². The van der Waals surface area contributed by atoms with Crippen molar-refractivity contribution in [2.45, 2.75) is 31.4 Å². The molecule has 0 radical (unpaired) electrons. The minimum atomic E-state index is -0.542. The van der Waals surface area contributed by atoms with Gasteiger partial charge in [0.2, 0.25) is 0 Å². The Labute approximate surface area is 161 Å². The van der Waals surface area contributed by atoms with Gasteiger partial charge in [-0.05, 0) is 61.1 Å². The summed E-state index contributed by atoms with van der Waals surface area (Å²) in [6.45, 7) is 9.90. The van der Waals surface area contributed by atoms with Crippen molar-refractivity contribution >= 4 is 10.9 Å². The first kappa shape index (κ1) is 18.2. The maximum Gasteiger partial charge on any atom is 0.119 e. The van der Waals surface area contributed by atoms with Gasteiger partial charge in [-0.3, -0.25) is 9.88 Å². The molecular formula is C23H28N2O2. The molecule has 3 aliphatic rings. The number of ether oxygens (including phenoxy) is 1. The third kappa shape index (κ3) is 3.28. The second kappa shape index (κ2) is 7.45. The number of pyridine rings is 1. The average Bonchev–Trinajstić information content (AvgIpc) is 2.72. The number of allylic oxidation sites excluding steroid dienone is 1. The molecule has 0 saturated carbocycles. The Morgan fingerprint density at radius 3 is 2.89 bits per heavy atom. The van der Waals surface area contributed by atoms with Gasteiger partial charge in [-0.15, -0.1) is 13.2 Å². The minimum absolute atomic E-state index is 0.147. The van der Waals surface area contributed by atoms with Gasteiger partial charge in [0.15, 0.2) is 0 Å². The molecule has 5 atom stereocenters. The number of methoxy groups -OCH3 is 1. The molecule has 1 aromatic heterocycles. The van der Waals surface area contributed by atoms with E-state index in [1.54, 1.807) is 7.11 Å². The van der Waals surface area contributed by atoms with Gasteiger partial charge in [-0.1, -0.05) is 12.2 Å². The Morgan fingerprint density at radius 2 is 2.22 bits per heavy atom. The normalized spacial score (nSPS) is 28.1. The molecule has 3 saturated heterocycles. The smallest absolute Gasteiger partial charge is 0.119 e. The molecule has 5 rings (SSSR count). The van der Waals surface area contributed by atoms with Crippen LogP contribution in [0.15, 0.2) is 49.6 Å². The zero-order chi connectivity index (χ0) is 19.0. The van der Waals surface area contributed by atoms with E-state index in [2.05, 4.69) is 24.1 Å². The molecule has 1 aromatic carbocycles. The molecule has 1 N–H and O–H groups in total. The van der Waals surface area contributed by atoms with Gasteiger partial charge in [-0.25, -0.2) is 0 Å². The van der Waals surface area contributed by atoms with Crippen molar-refractivity contribution in [3.05, 3.63) is 60.8 Å². The average molecular weight is 364 g/mol. The predicted molar refractivity (Wildman–Crippen MR) is 109 cm³/mol. The van der Waals surface area contributed by atoms with Crippen LogP contribution >= 0.6 is 0 Å². The highest BCUT2D eigenvalue weighted by atomic mass is 16.5. The lowest BCUT2D eigenvalue weighted by Crippen LogP contribution is -2.54. The van der Waals surface area contributed by atoms with E-state index in [-0.39, 0.29) is 6.04 Å². The van der Waals surface area contributed by atoms with Crippen molar-refractivity contribution < 1.29 is 9.84 Å². The maximum absolute atomic E-state index is 11.4. The van der Waals surface area contributed by atoms with E-state index in [4.69, 9.17) is 9.72 Å². The zero-order valence-electron chi connectivity index (χ0n) is 16.0. The molecule has 4 heterocycles. The first-order chi connectivity index (χ1) is 13.1. The lowest BCUT2D eigenvalue weighted by atomic mass is 9.73. The van der Waals surface area contributed by atoms with Crippen LogP contribution in [-0.4, -0.2) is 41.2 Å². The van der Waals surface area contributed by atoms with Gasteiger partial charge in [0.25, 0.3) is 0 Å². The summed E-state index contributed by atoms with van der Waals surface area (Å²) >= 11 is 0. The molecule has 4 nitrogen and oxygen atoms in total. The number of hydrogen-bond acceptors (Lipinski definition) is 4. The Morgan fingerprint density at radius 1 is 1.37 bits per heavy atom. The Kier molecular flexibility index (Phi) is 5.02. The quantitative estimate of drug-likeness (QED) is 0.790. The number of rotatable bonds is 6. The summed E-state index contributed by atoms with van der Waals surface area (Å²) in [4.78, 5) is 7.18. The van der Waals surface area contributed by atoms with Crippen LogP contribution in [0.1, 0.15) is 30.2 Å². The van der Waals surface area contributed by atoms with Crippen LogP contribution in [0.3, 0.4) is 0 Å². The van der Waals surface area contributed by atoms with Crippen molar-refractivity contribution in [2.75, 3.05) is 20.2 Å². The van der Waals surface area contributed by atoms with Crippen LogP contribution in [0.4, 0.5) is 0 Å². The molecule has 3 aliphatic heterocycles. The molecule has 142 valence electrons. The SMILES string of the molecule is C=CCc1cc([C@@H](O)[C@@H]2CC3CCN2C[C@@H]3C=C)c2cc(OC)ccc2n1. The van der Waals surface area contributed by atoms with Crippen molar-refractivity contribution in [3.63, 3.8) is 0 Å². The van der Waals surface area contributed by atoms with E-state index in [1.165, 1.54) is 6.42 Å². The fraction of sp³-hybridized carbons (Fsp3) is 0.435. The Bertz CT molecular complexity index is 863. The summed E-state index contributed by atoms with van der Waals surface area (Å²) in [5.74, 6) is 1.96. The summed E-state index contributed by atoms with van der Waals surface area (Å²) in [5.41, 5.74) is 2.78. The largest absolute Gasteiger partial charge is 0.497 e. The molecule has 27 heavy (non-hydrogen) atoms. The fourth-order valence-electron chi connectivity index (χ4n) is 4.83. The van der Waals surface area contributed by atoms with E-state index < -0.39 is 6.10 Å². The lowest BCUT2D eigenvalue weighted by molar-refractivity contribution is -0.0445. The van der Waals surface area contributed by atoms with Crippen LogP contribution in [0, 0.1) is 11.8 Å². The summed E-state index contributed by atoms with van der Waals surface area (Å²) < 4.78 is 5.41. The van der Waals surface area contributed by atoms with E-state index in [1.807, 2.05) is 30.3 Å². The molecule has 0 amide bonds. The standard InChI is InChI=1S/C23H28N2O2/c1-4-6-17-12-20(19-13-18(27-3)7-8-21(19)24-17)23(26)22-11-16-9-10-25(22)14-15(16)5-2/h4-5,7-8,12-13,15-16,22-23,26H,1-2,6,9-11,14H2,3H3/t15-,16?,22-,23+/m0/s1. The highest BCUT2D eigenvalue weighted by Crippen LogP contribution is 2.42. The van der Waals surface area contributed by atoms with Gasteiger partial charge < -0.3 is 9.84 Å². The summed E-state index contributed by atoms with van der Waals surface area (Å²) in [7, 11) is 1.66. The topological polar surface area (TPSA) is 45.6 Å².